The number of hydrogen-bond acceptors (Lipinski definition) is 1. The van der Waals surface area contributed by atoms with Gasteiger partial charge >= 0.3 is 0 Å². The van der Waals surface area contributed by atoms with Gasteiger partial charge in [-0.3, -0.25) is 4.79 Å². The van der Waals surface area contributed by atoms with Crippen molar-refractivity contribution >= 4 is 39.1 Å². The van der Waals surface area contributed by atoms with Gasteiger partial charge in [-0.15, -0.1) is 11.6 Å². The fourth-order valence-corrected chi connectivity index (χ4v) is 2.44. The highest BCUT2D eigenvalue weighted by Gasteiger charge is 2.26. The van der Waals surface area contributed by atoms with E-state index < -0.39 is 0 Å². The van der Waals surface area contributed by atoms with E-state index in [1.807, 2.05) is 13.0 Å². The van der Waals surface area contributed by atoms with Gasteiger partial charge in [-0.2, -0.15) is 0 Å². The second-order valence-electron chi connectivity index (χ2n) is 3.61. The van der Waals surface area contributed by atoms with Crippen LogP contribution in [0.3, 0.4) is 0 Å². The maximum Gasteiger partial charge on any atom is 0.241 e. The fraction of sp³-hybridized carbons (Fsp3) is 0.364. The van der Waals surface area contributed by atoms with Crippen molar-refractivity contribution in [2.45, 2.75) is 13.3 Å². The molecule has 0 aromatic heterocycles. The average molecular weight is 289 g/mol. The summed E-state index contributed by atoms with van der Waals surface area (Å²) < 4.78 is 1.04. The van der Waals surface area contributed by atoms with E-state index in [4.69, 9.17) is 11.6 Å². The Hall–Kier alpha value is -0.540. The van der Waals surface area contributed by atoms with Crippen molar-refractivity contribution in [2.75, 3.05) is 17.3 Å². The summed E-state index contributed by atoms with van der Waals surface area (Å²) in [5.41, 5.74) is 3.38. The summed E-state index contributed by atoms with van der Waals surface area (Å²) in [7, 11) is 0. The Balaban J connectivity index is 2.49. The molecule has 0 N–H and O–H groups in total. The molecule has 0 bridgehead atoms. The largest absolute Gasteiger partial charge is 0.310 e. The first-order valence-electron chi connectivity index (χ1n) is 4.79. The lowest BCUT2D eigenvalue weighted by atomic mass is 10.1. The molecule has 0 spiro atoms. The van der Waals surface area contributed by atoms with Crippen LogP contribution in [0.1, 0.15) is 11.1 Å². The van der Waals surface area contributed by atoms with E-state index in [0.717, 1.165) is 28.7 Å². The molecule has 0 radical (unpaired) electrons. The lowest BCUT2D eigenvalue weighted by Gasteiger charge is -2.18. The average Bonchev–Trinajstić information content (AvgIpc) is 2.67. The fourth-order valence-electron chi connectivity index (χ4n) is 1.97. The number of rotatable bonds is 1. The second kappa shape index (κ2) is 4.14. The number of benzene rings is 1. The van der Waals surface area contributed by atoms with Crippen LogP contribution in [0.4, 0.5) is 5.69 Å². The van der Waals surface area contributed by atoms with Gasteiger partial charge in [0.15, 0.2) is 0 Å². The van der Waals surface area contributed by atoms with Crippen LogP contribution in [0, 0.1) is 6.92 Å². The predicted molar refractivity (Wildman–Crippen MR) is 65.7 cm³/mol. The number of anilines is 1. The molecular weight excluding hydrogens is 277 g/mol. The van der Waals surface area contributed by atoms with Gasteiger partial charge in [0.25, 0.3) is 0 Å². The van der Waals surface area contributed by atoms with Gasteiger partial charge in [-0.25, -0.2) is 0 Å². The zero-order valence-electron chi connectivity index (χ0n) is 8.39. The minimum Gasteiger partial charge on any atom is -0.310 e. The van der Waals surface area contributed by atoms with Crippen LogP contribution < -0.4 is 4.90 Å². The SMILES string of the molecule is Cc1c(Br)ccc2c1N(C(=O)CCl)CC2. The van der Waals surface area contributed by atoms with Gasteiger partial charge in [0, 0.05) is 11.0 Å². The summed E-state index contributed by atoms with van der Waals surface area (Å²) >= 11 is 9.06. The molecule has 1 aromatic carbocycles. The van der Waals surface area contributed by atoms with Gasteiger partial charge in [-0.05, 0) is 30.5 Å². The van der Waals surface area contributed by atoms with Crippen molar-refractivity contribution < 1.29 is 4.79 Å². The van der Waals surface area contributed by atoms with Crippen LogP contribution in [-0.4, -0.2) is 18.3 Å². The van der Waals surface area contributed by atoms with Crippen molar-refractivity contribution in [1.82, 2.24) is 0 Å². The molecule has 1 aliphatic rings. The van der Waals surface area contributed by atoms with Crippen molar-refractivity contribution in [2.24, 2.45) is 0 Å². The zero-order valence-corrected chi connectivity index (χ0v) is 10.7. The summed E-state index contributed by atoms with van der Waals surface area (Å²) in [6, 6.07) is 4.09. The Labute approximate surface area is 102 Å². The zero-order chi connectivity index (χ0) is 11.0. The number of fused-ring (bicyclic) bond motifs is 1. The number of halogens is 2. The molecule has 15 heavy (non-hydrogen) atoms. The van der Waals surface area contributed by atoms with E-state index >= 15 is 0 Å². The first kappa shape index (κ1) is 11.0. The topological polar surface area (TPSA) is 20.3 Å². The highest BCUT2D eigenvalue weighted by molar-refractivity contribution is 9.10. The van der Waals surface area contributed by atoms with E-state index in [1.54, 1.807) is 4.90 Å². The van der Waals surface area contributed by atoms with Crippen molar-refractivity contribution in [3.8, 4) is 0 Å². The van der Waals surface area contributed by atoms with E-state index in [1.165, 1.54) is 5.56 Å². The summed E-state index contributed by atoms with van der Waals surface area (Å²) in [4.78, 5) is 13.4. The van der Waals surface area contributed by atoms with Crippen LogP contribution in [0.5, 0.6) is 0 Å². The molecule has 1 heterocycles. The van der Waals surface area contributed by atoms with Gasteiger partial charge in [-0.1, -0.05) is 22.0 Å². The van der Waals surface area contributed by atoms with Crippen molar-refractivity contribution in [3.63, 3.8) is 0 Å². The van der Waals surface area contributed by atoms with E-state index in [9.17, 15) is 4.79 Å². The highest BCUT2D eigenvalue weighted by Crippen LogP contribution is 2.35. The lowest BCUT2D eigenvalue weighted by molar-refractivity contribution is -0.116. The van der Waals surface area contributed by atoms with E-state index in [2.05, 4.69) is 22.0 Å². The van der Waals surface area contributed by atoms with Crippen LogP contribution in [-0.2, 0) is 11.2 Å². The molecule has 1 aliphatic heterocycles. The van der Waals surface area contributed by atoms with Crippen LogP contribution in [0.2, 0.25) is 0 Å². The first-order chi connectivity index (χ1) is 7.15. The maximum atomic E-state index is 11.6. The molecular formula is C11H11BrClNO. The number of amides is 1. The van der Waals surface area contributed by atoms with Crippen LogP contribution in [0.15, 0.2) is 16.6 Å². The monoisotopic (exact) mass is 287 g/mol. The van der Waals surface area contributed by atoms with E-state index in [0.29, 0.717) is 0 Å². The second-order valence-corrected chi connectivity index (χ2v) is 4.73. The molecule has 0 saturated heterocycles. The van der Waals surface area contributed by atoms with Gasteiger partial charge in [0.1, 0.15) is 5.88 Å². The molecule has 0 saturated carbocycles. The van der Waals surface area contributed by atoms with Crippen molar-refractivity contribution in [1.29, 1.82) is 0 Å². The molecule has 2 rings (SSSR count). The Morgan fingerprint density at radius 1 is 1.60 bits per heavy atom. The van der Waals surface area contributed by atoms with Gasteiger partial charge in [0.2, 0.25) is 5.91 Å². The number of nitrogens with zero attached hydrogens (tertiary/aromatic N) is 1. The van der Waals surface area contributed by atoms with Gasteiger partial charge < -0.3 is 4.90 Å². The Morgan fingerprint density at radius 2 is 2.33 bits per heavy atom. The molecule has 2 nitrogen and oxygen atoms in total. The third-order valence-electron chi connectivity index (χ3n) is 2.74. The molecule has 0 unspecified atom stereocenters. The standard InChI is InChI=1S/C11H11BrClNO/c1-7-9(12)3-2-8-4-5-14(11(7)8)10(15)6-13/h2-3H,4-6H2,1H3. The molecule has 1 amide bonds. The minimum absolute atomic E-state index is 0.0170. The summed E-state index contributed by atoms with van der Waals surface area (Å²) in [6.45, 7) is 2.76. The molecule has 80 valence electrons. The molecule has 0 fully saturated rings. The molecule has 4 heteroatoms. The first-order valence-corrected chi connectivity index (χ1v) is 6.12. The van der Waals surface area contributed by atoms with Crippen molar-refractivity contribution in [3.05, 3.63) is 27.7 Å². The normalized spacial score (nSPS) is 14.2. The molecule has 0 atom stereocenters. The van der Waals surface area contributed by atoms with E-state index in [-0.39, 0.29) is 11.8 Å². The lowest BCUT2D eigenvalue weighted by Crippen LogP contribution is -2.30. The quantitative estimate of drug-likeness (QED) is 0.728. The summed E-state index contributed by atoms with van der Waals surface area (Å²) in [6.07, 6.45) is 0.923. The molecule has 1 aromatic rings. The minimum atomic E-state index is -0.0170. The number of carbonyl (C=O) groups is 1. The number of hydrogen-bond donors (Lipinski definition) is 0. The van der Waals surface area contributed by atoms with Gasteiger partial charge in [0.05, 0.1) is 5.69 Å². The van der Waals surface area contributed by atoms with Crippen LogP contribution in [0.25, 0.3) is 0 Å². The molecule has 0 aliphatic carbocycles. The Kier molecular flexibility index (Phi) is 3.03. The third kappa shape index (κ3) is 1.79. The maximum absolute atomic E-state index is 11.6. The predicted octanol–water partition coefficient (Wildman–Crippen LogP) is 2.89. The number of carbonyl (C=O) groups excluding carboxylic acids is 1. The number of alkyl halides is 1. The highest BCUT2D eigenvalue weighted by atomic mass is 79.9. The smallest absolute Gasteiger partial charge is 0.241 e. The summed E-state index contributed by atoms with van der Waals surface area (Å²) in [5, 5.41) is 0. The van der Waals surface area contributed by atoms with Crippen LogP contribution >= 0.6 is 27.5 Å². The Bertz CT molecular complexity index is 419. The Morgan fingerprint density at radius 3 is 3.00 bits per heavy atom. The third-order valence-corrected chi connectivity index (χ3v) is 3.83. The summed E-state index contributed by atoms with van der Waals surface area (Å²) in [5.74, 6) is 0.0300.